The van der Waals surface area contributed by atoms with Gasteiger partial charge in [-0.2, -0.15) is 0 Å². The summed E-state index contributed by atoms with van der Waals surface area (Å²) in [6.07, 6.45) is 2.83. The van der Waals surface area contributed by atoms with Gasteiger partial charge in [-0.15, -0.1) is 0 Å². The van der Waals surface area contributed by atoms with Crippen LogP contribution in [0, 0.1) is 6.92 Å². The molecule has 1 heterocycles. The number of aromatic nitrogens is 1. The molecule has 112 valence electrons. The lowest BCUT2D eigenvalue weighted by Gasteiger charge is -2.22. The maximum atomic E-state index is 11.6. The minimum Gasteiger partial charge on any atom is -0.478 e. The quantitative estimate of drug-likeness (QED) is 0.888. The van der Waals surface area contributed by atoms with Gasteiger partial charge in [-0.1, -0.05) is 0 Å². The molecule has 0 saturated carbocycles. The second-order valence-corrected chi connectivity index (χ2v) is 5.90. The van der Waals surface area contributed by atoms with Crippen LogP contribution in [0.3, 0.4) is 0 Å². The number of hydrogen-bond donors (Lipinski definition) is 2. The van der Waals surface area contributed by atoms with Crippen LogP contribution in [0.25, 0.3) is 0 Å². The van der Waals surface area contributed by atoms with Gasteiger partial charge in [0.1, 0.15) is 5.60 Å². The van der Waals surface area contributed by atoms with Crippen molar-refractivity contribution in [3.8, 4) is 0 Å². The highest BCUT2D eigenvalue weighted by Crippen LogP contribution is 2.10. The van der Waals surface area contributed by atoms with Gasteiger partial charge in [0, 0.05) is 25.0 Å². The molecule has 0 aliphatic heterocycles. The summed E-state index contributed by atoms with van der Waals surface area (Å²) < 4.78 is 6.91. The van der Waals surface area contributed by atoms with E-state index in [9.17, 15) is 9.59 Å². The summed E-state index contributed by atoms with van der Waals surface area (Å²) in [5, 5.41) is 11.7. The summed E-state index contributed by atoms with van der Waals surface area (Å²) in [6.45, 7) is 9.45. The zero-order valence-electron chi connectivity index (χ0n) is 12.6. The average molecular weight is 282 g/mol. The number of aryl methyl sites for hydroxylation is 1. The highest BCUT2D eigenvalue weighted by atomic mass is 16.6. The van der Waals surface area contributed by atoms with Crippen LogP contribution in [0.15, 0.2) is 12.4 Å². The van der Waals surface area contributed by atoms with Crippen LogP contribution < -0.4 is 5.32 Å². The molecule has 0 bridgehead atoms. The van der Waals surface area contributed by atoms with Crippen molar-refractivity contribution >= 4 is 12.1 Å². The van der Waals surface area contributed by atoms with Crippen molar-refractivity contribution in [2.24, 2.45) is 0 Å². The topological polar surface area (TPSA) is 80.6 Å². The van der Waals surface area contributed by atoms with Gasteiger partial charge < -0.3 is 19.7 Å². The minimum absolute atomic E-state index is 0.168. The van der Waals surface area contributed by atoms with E-state index in [1.165, 1.54) is 0 Å². The molecule has 1 amide bonds. The van der Waals surface area contributed by atoms with Gasteiger partial charge in [0.25, 0.3) is 0 Å². The van der Waals surface area contributed by atoms with E-state index in [1.54, 1.807) is 44.7 Å². The molecule has 1 rings (SSSR count). The monoisotopic (exact) mass is 282 g/mol. The first-order valence-corrected chi connectivity index (χ1v) is 6.47. The predicted molar refractivity (Wildman–Crippen MR) is 75.0 cm³/mol. The number of ether oxygens (including phenoxy) is 1. The summed E-state index contributed by atoms with van der Waals surface area (Å²) in [5.74, 6) is -0.950. The first kappa shape index (κ1) is 16.1. The van der Waals surface area contributed by atoms with Crippen LogP contribution in [0.4, 0.5) is 4.79 Å². The van der Waals surface area contributed by atoms with Gasteiger partial charge in [-0.3, -0.25) is 0 Å². The van der Waals surface area contributed by atoms with E-state index in [0.717, 1.165) is 0 Å². The Morgan fingerprint density at radius 2 is 2.00 bits per heavy atom. The number of aromatic carboxylic acids is 1. The van der Waals surface area contributed by atoms with Gasteiger partial charge in [-0.05, 0) is 40.2 Å². The smallest absolute Gasteiger partial charge is 0.407 e. The average Bonchev–Trinajstić information content (AvgIpc) is 2.55. The fourth-order valence-electron chi connectivity index (χ4n) is 1.82. The zero-order chi connectivity index (χ0) is 15.5. The van der Waals surface area contributed by atoms with E-state index in [1.807, 2.05) is 6.92 Å². The number of carboxylic acid groups (broad SMARTS) is 1. The third kappa shape index (κ3) is 4.95. The van der Waals surface area contributed by atoms with Crippen LogP contribution in [0.5, 0.6) is 0 Å². The Kier molecular flexibility index (Phi) is 4.81. The van der Waals surface area contributed by atoms with Crippen molar-refractivity contribution in [1.82, 2.24) is 9.88 Å². The van der Waals surface area contributed by atoms with Crippen molar-refractivity contribution in [3.05, 3.63) is 23.5 Å². The van der Waals surface area contributed by atoms with Gasteiger partial charge >= 0.3 is 12.1 Å². The van der Waals surface area contributed by atoms with E-state index >= 15 is 0 Å². The number of amides is 1. The van der Waals surface area contributed by atoms with Crippen molar-refractivity contribution in [2.75, 3.05) is 0 Å². The van der Waals surface area contributed by atoms with E-state index in [-0.39, 0.29) is 11.6 Å². The van der Waals surface area contributed by atoms with Crippen LogP contribution in [-0.4, -0.2) is 33.4 Å². The maximum absolute atomic E-state index is 11.6. The molecule has 6 heteroatoms. The van der Waals surface area contributed by atoms with Crippen molar-refractivity contribution in [3.63, 3.8) is 0 Å². The molecule has 0 fully saturated rings. The van der Waals surface area contributed by atoms with E-state index in [2.05, 4.69) is 5.32 Å². The second kappa shape index (κ2) is 5.98. The minimum atomic E-state index is -0.950. The lowest BCUT2D eigenvalue weighted by Crippen LogP contribution is -2.39. The first-order chi connectivity index (χ1) is 9.08. The molecule has 0 aliphatic rings. The molecule has 0 aliphatic carbocycles. The predicted octanol–water partition coefficient (Wildman–Crippen LogP) is 2.41. The number of carbonyl (C=O) groups is 2. The van der Waals surface area contributed by atoms with Crippen LogP contribution >= 0.6 is 0 Å². The Morgan fingerprint density at radius 1 is 1.40 bits per heavy atom. The molecule has 0 spiro atoms. The van der Waals surface area contributed by atoms with Crippen LogP contribution in [-0.2, 0) is 11.3 Å². The van der Waals surface area contributed by atoms with Crippen molar-refractivity contribution in [2.45, 2.75) is 52.8 Å². The number of carbonyl (C=O) groups excluding carboxylic acids is 1. The van der Waals surface area contributed by atoms with Crippen molar-refractivity contribution < 1.29 is 19.4 Å². The second-order valence-electron chi connectivity index (χ2n) is 5.90. The highest BCUT2D eigenvalue weighted by Gasteiger charge is 2.18. The third-order valence-corrected chi connectivity index (χ3v) is 2.56. The van der Waals surface area contributed by atoms with Crippen molar-refractivity contribution in [1.29, 1.82) is 0 Å². The molecule has 6 nitrogen and oxygen atoms in total. The Hall–Kier alpha value is -1.98. The molecule has 0 radical (unpaired) electrons. The number of alkyl carbamates (subject to hydrolysis) is 1. The summed E-state index contributed by atoms with van der Waals surface area (Å²) in [6, 6.07) is -0.168. The van der Waals surface area contributed by atoms with Gasteiger partial charge in [0.05, 0.1) is 5.56 Å². The Morgan fingerprint density at radius 3 is 2.45 bits per heavy atom. The molecular weight excluding hydrogens is 260 g/mol. The molecule has 0 aromatic carbocycles. The number of hydrogen-bond acceptors (Lipinski definition) is 3. The van der Waals surface area contributed by atoms with Gasteiger partial charge in [-0.25, -0.2) is 9.59 Å². The van der Waals surface area contributed by atoms with Crippen LogP contribution in [0.1, 0.15) is 43.6 Å². The molecule has 1 atom stereocenters. The summed E-state index contributed by atoms with van der Waals surface area (Å²) in [7, 11) is 0. The number of rotatable bonds is 4. The standard InChI is InChI=1S/C14H22N2O4/c1-9-6-16(8-11(9)12(17)18)7-10(2)15-13(19)20-14(3,4)5/h6,8,10H,7H2,1-5H3,(H,15,19)(H,17,18). The number of nitrogens with zero attached hydrogens (tertiary/aromatic N) is 1. The molecule has 1 aromatic heterocycles. The molecule has 0 saturated heterocycles. The van der Waals surface area contributed by atoms with E-state index in [0.29, 0.717) is 12.1 Å². The molecule has 20 heavy (non-hydrogen) atoms. The normalized spacial score (nSPS) is 12.8. The Balaban J connectivity index is 2.58. The summed E-state index contributed by atoms with van der Waals surface area (Å²) in [4.78, 5) is 22.6. The SMILES string of the molecule is Cc1cn(CC(C)NC(=O)OC(C)(C)C)cc1C(=O)O. The number of nitrogens with one attached hydrogen (secondary N) is 1. The lowest BCUT2D eigenvalue weighted by molar-refractivity contribution is 0.0503. The molecule has 1 unspecified atom stereocenters. The fraction of sp³-hybridized carbons (Fsp3) is 0.571. The third-order valence-electron chi connectivity index (χ3n) is 2.56. The lowest BCUT2D eigenvalue weighted by atomic mass is 10.2. The molecular formula is C14H22N2O4. The maximum Gasteiger partial charge on any atom is 0.407 e. The van der Waals surface area contributed by atoms with E-state index < -0.39 is 17.7 Å². The molecule has 1 aromatic rings. The van der Waals surface area contributed by atoms with Gasteiger partial charge in [0.2, 0.25) is 0 Å². The van der Waals surface area contributed by atoms with E-state index in [4.69, 9.17) is 9.84 Å². The number of carboxylic acids is 1. The first-order valence-electron chi connectivity index (χ1n) is 6.47. The molecule has 2 N–H and O–H groups in total. The Bertz CT molecular complexity index is 500. The highest BCUT2D eigenvalue weighted by molar-refractivity contribution is 5.89. The zero-order valence-corrected chi connectivity index (χ0v) is 12.6. The fourth-order valence-corrected chi connectivity index (χ4v) is 1.82. The largest absolute Gasteiger partial charge is 0.478 e. The Labute approximate surface area is 118 Å². The summed E-state index contributed by atoms with van der Waals surface area (Å²) in [5.41, 5.74) is 0.432. The van der Waals surface area contributed by atoms with Crippen LogP contribution in [0.2, 0.25) is 0 Å². The summed E-state index contributed by atoms with van der Waals surface area (Å²) >= 11 is 0. The van der Waals surface area contributed by atoms with Gasteiger partial charge in [0.15, 0.2) is 0 Å².